The molecule has 25 heavy (non-hydrogen) atoms. The first kappa shape index (κ1) is 19.2. The number of likely N-dealkylation sites (tertiary alicyclic amines) is 1. The average Bonchev–Trinajstić information content (AvgIpc) is 2.61. The Bertz CT molecular complexity index is 564. The molecular weight excluding hydrogens is 318 g/mol. The van der Waals surface area contributed by atoms with Gasteiger partial charge >= 0.3 is 6.03 Å². The Morgan fingerprint density at radius 1 is 1.24 bits per heavy atom. The highest BCUT2D eigenvalue weighted by Crippen LogP contribution is 2.17. The van der Waals surface area contributed by atoms with Crippen LogP contribution in [0.5, 0.6) is 0 Å². The molecular formula is C19H29N3O3. The highest BCUT2D eigenvalue weighted by Gasteiger charge is 2.28. The highest BCUT2D eigenvalue weighted by molar-refractivity contribution is 5.87. The molecule has 1 aliphatic heterocycles. The smallest absolute Gasteiger partial charge is 0.315 e. The van der Waals surface area contributed by atoms with E-state index in [-0.39, 0.29) is 18.6 Å². The van der Waals surface area contributed by atoms with Gasteiger partial charge in [-0.3, -0.25) is 4.79 Å². The van der Waals surface area contributed by atoms with Crippen molar-refractivity contribution in [1.29, 1.82) is 0 Å². The number of benzene rings is 1. The SMILES string of the molecule is C[C@H](NC(=O)N[C@H](CO)Cc1ccccc1)C(=O)N1CCCC[C@H]1C. The van der Waals surface area contributed by atoms with Gasteiger partial charge in [0.15, 0.2) is 0 Å². The lowest BCUT2D eigenvalue weighted by molar-refractivity contribution is -0.136. The van der Waals surface area contributed by atoms with Gasteiger partial charge in [0.2, 0.25) is 5.91 Å². The van der Waals surface area contributed by atoms with E-state index in [9.17, 15) is 14.7 Å². The maximum Gasteiger partial charge on any atom is 0.315 e. The molecule has 0 unspecified atom stereocenters. The number of hydrogen-bond donors (Lipinski definition) is 3. The molecule has 1 aromatic carbocycles. The molecule has 1 saturated heterocycles. The number of nitrogens with one attached hydrogen (secondary N) is 2. The van der Waals surface area contributed by atoms with Crippen LogP contribution in [0.4, 0.5) is 4.79 Å². The summed E-state index contributed by atoms with van der Waals surface area (Å²) in [6.07, 6.45) is 3.70. The summed E-state index contributed by atoms with van der Waals surface area (Å²) in [4.78, 5) is 26.6. The van der Waals surface area contributed by atoms with E-state index in [2.05, 4.69) is 10.6 Å². The van der Waals surface area contributed by atoms with Crippen LogP contribution in [0, 0.1) is 0 Å². The third kappa shape index (κ3) is 5.74. The van der Waals surface area contributed by atoms with E-state index in [4.69, 9.17) is 0 Å². The lowest BCUT2D eigenvalue weighted by Crippen LogP contribution is -2.54. The molecule has 138 valence electrons. The van der Waals surface area contributed by atoms with Gasteiger partial charge in [0.05, 0.1) is 12.6 Å². The number of carbonyl (C=O) groups excluding carboxylic acids is 2. The van der Waals surface area contributed by atoms with Crippen LogP contribution in [0.2, 0.25) is 0 Å². The van der Waals surface area contributed by atoms with Crippen molar-refractivity contribution < 1.29 is 14.7 Å². The molecule has 1 aliphatic rings. The first-order valence-electron chi connectivity index (χ1n) is 9.03. The summed E-state index contributed by atoms with van der Waals surface area (Å²) in [5, 5.41) is 14.9. The van der Waals surface area contributed by atoms with Crippen molar-refractivity contribution in [3.05, 3.63) is 35.9 Å². The van der Waals surface area contributed by atoms with Crippen molar-refractivity contribution in [2.24, 2.45) is 0 Å². The number of amides is 3. The first-order chi connectivity index (χ1) is 12.0. The van der Waals surface area contributed by atoms with Crippen LogP contribution in [0.15, 0.2) is 30.3 Å². The minimum atomic E-state index is -0.586. The number of carbonyl (C=O) groups is 2. The lowest BCUT2D eigenvalue weighted by atomic mass is 10.0. The van der Waals surface area contributed by atoms with Crippen molar-refractivity contribution >= 4 is 11.9 Å². The zero-order valence-corrected chi connectivity index (χ0v) is 15.1. The van der Waals surface area contributed by atoms with Crippen LogP contribution in [0.1, 0.15) is 38.7 Å². The van der Waals surface area contributed by atoms with E-state index >= 15 is 0 Å². The van der Waals surface area contributed by atoms with Crippen molar-refractivity contribution in [1.82, 2.24) is 15.5 Å². The Kier molecular flexibility index (Phi) is 7.25. The van der Waals surface area contributed by atoms with E-state index in [0.717, 1.165) is 31.4 Å². The molecule has 6 heteroatoms. The summed E-state index contributed by atoms with van der Waals surface area (Å²) < 4.78 is 0. The Morgan fingerprint density at radius 2 is 1.96 bits per heavy atom. The van der Waals surface area contributed by atoms with Crippen molar-refractivity contribution in [2.75, 3.05) is 13.2 Å². The summed E-state index contributed by atoms with van der Waals surface area (Å²) in [5.74, 6) is -0.0500. The van der Waals surface area contributed by atoms with Crippen LogP contribution in [0.3, 0.4) is 0 Å². The van der Waals surface area contributed by atoms with Gasteiger partial charge in [0.1, 0.15) is 6.04 Å². The van der Waals surface area contributed by atoms with Crippen LogP contribution < -0.4 is 10.6 Å². The molecule has 1 fully saturated rings. The quantitative estimate of drug-likeness (QED) is 0.732. The summed E-state index contributed by atoms with van der Waals surface area (Å²) in [5.41, 5.74) is 1.04. The Labute approximate surface area is 149 Å². The fourth-order valence-corrected chi connectivity index (χ4v) is 3.22. The molecule has 0 saturated carbocycles. The number of aliphatic hydroxyl groups excluding tert-OH is 1. The first-order valence-corrected chi connectivity index (χ1v) is 9.03. The second-order valence-corrected chi connectivity index (χ2v) is 6.79. The van der Waals surface area contributed by atoms with Crippen molar-refractivity contribution in [3.8, 4) is 0 Å². The molecule has 0 spiro atoms. The van der Waals surface area contributed by atoms with Gasteiger partial charge < -0.3 is 20.6 Å². The summed E-state index contributed by atoms with van der Waals surface area (Å²) in [7, 11) is 0. The minimum Gasteiger partial charge on any atom is -0.394 e. The Balaban J connectivity index is 1.84. The molecule has 1 aromatic rings. The van der Waals surface area contributed by atoms with Gasteiger partial charge in [-0.1, -0.05) is 30.3 Å². The molecule has 0 radical (unpaired) electrons. The zero-order chi connectivity index (χ0) is 18.2. The van der Waals surface area contributed by atoms with Crippen molar-refractivity contribution in [2.45, 2.75) is 57.7 Å². The van der Waals surface area contributed by atoms with Gasteiger partial charge in [-0.05, 0) is 45.1 Å². The number of hydrogen-bond acceptors (Lipinski definition) is 3. The summed E-state index contributed by atoms with van der Waals surface area (Å²) in [6.45, 7) is 4.34. The van der Waals surface area contributed by atoms with E-state index in [1.807, 2.05) is 42.2 Å². The predicted molar refractivity (Wildman–Crippen MR) is 97.2 cm³/mol. The molecule has 3 N–H and O–H groups in total. The van der Waals surface area contributed by atoms with Gasteiger partial charge in [-0.15, -0.1) is 0 Å². The largest absolute Gasteiger partial charge is 0.394 e. The second-order valence-electron chi connectivity index (χ2n) is 6.79. The predicted octanol–water partition coefficient (Wildman–Crippen LogP) is 1.68. The fourth-order valence-electron chi connectivity index (χ4n) is 3.22. The van der Waals surface area contributed by atoms with Crippen LogP contribution in [-0.2, 0) is 11.2 Å². The number of aliphatic hydroxyl groups is 1. The molecule has 0 bridgehead atoms. The van der Waals surface area contributed by atoms with Crippen LogP contribution >= 0.6 is 0 Å². The third-order valence-electron chi connectivity index (χ3n) is 4.68. The molecule has 1 heterocycles. The summed E-state index contributed by atoms with van der Waals surface area (Å²) in [6, 6.07) is 8.48. The Morgan fingerprint density at radius 3 is 2.60 bits per heavy atom. The van der Waals surface area contributed by atoms with Gasteiger partial charge in [0, 0.05) is 12.6 Å². The van der Waals surface area contributed by atoms with E-state index < -0.39 is 18.1 Å². The zero-order valence-electron chi connectivity index (χ0n) is 15.1. The molecule has 2 rings (SSSR count). The molecule has 6 nitrogen and oxygen atoms in total. The fraction of sp³-hybridized carbons (Fsp3) is 0.579. The van der Waals surface area contributed by atoms with E-state index in [0.29, 0.717) is 6.42 Å². The van der Waals surface area contributed by atoms with Gasteiger partial charge in [-0.25, -0.2) is 4.79 Å². The number of piperidine rings is 1. The summed E-state index contributed by atoms with van der Waals surface area (Å²) >= 11 is 0. The number of rotatable bonds is 6. The minimum absolute atomic E-state index is 0.0500. The van der Waals surface area contributed by atoms with Crippen LogP contribution in [0.25, 0.3) is 0 Å². The second kappa shape index (κ2) is 9.42. The standard InChI is InChI=1S/C19H29N3O3/c1-14-8-6-7-11-22(14)18(24)15(2)20-19(25)21-17(13-23)12-16-9-4-3-5-10-16/h3-5,9-10,14-15,17,23H,6-8,11-13H2,1-2H3,(H2,20,21,25)/t14-,15+,17+/m1/s1. The lowest BCUT2D eigenvalue weighted by Gasteiger charge is -2.35. The monoisotopic (exact) mass is 347 g/mol. The number of urea groups is 1. The van der Waals surface area contributed by atoms with Crippen LogP contribution in [-0.4, -0.2) is 53.2 Å². The highest BCUT2D eigenvalue weighted by atomic mass is 16.3. The number of nitrogens with zero attached hydrogens (tertiary/aromatic N) is 1. The maximum absolute atomic E-state index is 12.5. The topological polar surface area (TPSA) is 81.7 Å². The molecule has 3 atom stereocenters. The van der Waals surface area contributed by atoms with Gasteiger partial charge in [0.25, 0.3) is 0 Å². The molecule has 0 aliphatic carbocycles. The normalized spacial score (nSPS) is 19.8. The maximum atomic E-state index is 12.5. The molecule has 0 aromatic heterocycles. The third-order valence-corrected chi connectivity index (χ3v) is 4.68. The van der Waals surface area contributed by atoms with E-state index in [1.165, 1.54) is 0 Å². The van der Waals surface area contributed by atoms with Crippen molar-refractivity contribution in [3.63, 3.8) is 0 Å². The Hall–Kier alpha value is -2.08. The van der Waals surface area contributed by atoms with E-state index in [1.54, 1.807) is 6.92 Å². The van der Waals surface area contributed by atoms with Gasteiger partial charge in [-0.2, -0.15) is 0 Å². The average molecular weight is 347 g/mol. The molecule has 3 amide bonds.